The van der Waals surface area contributed by atoms with Crippen molar-refractivity contribution in [1.82, 2.24) is 0 Å². The average molecular weight is 675 g/mol. The van der Waals surface area contributed by atoms with Crippen LogP contribution in [0.2, 0.25) is 0 Å². The molecule has 282 valence electrons. The van der Waals surface area contributed by atoms with Crippen LogP contribution < -0.4 is 0 Å². The van der Waals surface area contributed by atoms with Crippen molar-refractivity contribution in [3.05, 3.63) is 36.5 Å². The number of esters is 1. The molecule has 0 amide bonds. The molecule has 0 radical (unpaired) electrons. The fraction of sp³-hybridized carbons (Fsp3) is 0.841. The Bertz CT molecular complexity index is 713. The summed E-state index contributed by atoms with van der Waals surface area (Å²) in [5.41, 5.74) is 0. The second-order valence-corrected chi connectivity index (χ2v) is 14.0. The first-order valence-electron chi connectivity index (χ1n) is 21.1. The van der Waals surface area contributed by atoms with Crippen LogP contribution in [0.4, 0.5) is 0 Å². The summed E-state index contributed by atoms with van der Waals surface area (Å²) in [4.78, 5) is 12.2. The standard InChI is InChI=1S/C44H82O4/c1-3-5-7-9-11-13-15-17-19-21-22-23-24-25-27-29-31-33-35-37-39-44(46)48-43(41-45)42-47-40-38-36-34-32-30-28-26-20-18-16-14-12-10-8-6-4-2/h6,8,12,14,18,20,43,45H,3-5,7,9-11,13,15-17,19,21-42H2,1-2H3/b8-6-,14-12-,20-18-. The molecule has 0 aromatic heterocycles. The van der Waals surface area contributed by atoms with Crippen molar-refractivity contribution in [2.45, 2.75) is 219 Å². The second kappa shape index (κ2) is 41.8. The first-order chi connectivity index (χ1) is 23.7. The Morgan fingerprint density at radius 3 is 1.42 bits per heavy atom. The molecule has 0 aliphatic rings. The number of rotatable bonds is 39. The topological polar surface area (TPSA) is 55.8 Å². The van der Waals surface area contributed by atoms with Crippen molar-refractivity contribution in [2.75, 3.05) is 19.8 Å². The van der Waals surface area contributed by atoms with Gasteiger partial charge >= 0.3 is 5.97 Å². The van der Waals surface area contributed by atoms with Crippen LogP contribution >= 0.6 is 0 Å². The average Bonchev–Trinajstić information content (AvgIpc) is 3.09. The van der Waals surface area contributed by atoms with Gasteiger partial charge in [-0.05, 0) is 44.9 Å². The highest BCUT2D eigenvalue weighted by Crippen LogP contribution is 2.15. The largest absolute Gasteiger partial charge is 0.457 e. The van der Waals surface area contributed by atoms with E-state index in [1.165, 1.54) is 148 Å². The summed E-state index contributed by atoms with van der Waals surface area (Å²) >= 11 is 0. The van der Waals surface area contributed by atoms with Gasteiger partial charge in [0.05, 0.1) is 13.2 Å². The molecule has 0 aliphatic carbocycles. The lowest BCUT2D eigenvalue weighted by molar-refractivity contribution is -0.154. The number of aliphatic hydroxyl groups is 1. The molecule has 48 heavy (non-hydrogen) atoms. The van der Waals surface area contributed by atoms with Gasteiger partial charge in [0, 0.05) is 13.0 Å². The molecule has 0 fully saturated rings. The second-order valence-electron chi connectivity index (χ2n) is 14.0. The fourth-order valence-electron chi connectivity index (χ4n) is 6.11. The Morgan fingerprint density at radius 2 is 0.938 bits per heavy atom. The molecule has 0 bridgehead atoms. The first-order valence-corrected chi connectivity index (χ1v) is 21.1. The van der Waals surface area contributed by atoms with Gasteiger partial charge in [-0.25, -0.2) is 0 Å². The molecule has 0 aromatic rings. The van der Waals surface area contributed by atoms with E-state index in [0.29, 0.717) is 19.6 Å². The highest BCUT2D eigenvalue weighted by atomic mass is 16.6. The van der Waals surface area contributed by atoms with E-state index in [4.69, 9.17) is 9.47 Å². The van der Waals surface area contributed by atoms with Gasteiger partial charge in [-0.2, -0.15) is 0 Å². The van der Waals surface area contributed by atoms with Gasteiger partial charge in [-0.15, -0.1) is 0 Å². The van der Waals surface area contributed by atoms with Crippen LogP contribution in [-0.4, -0.2) is 37.0 Å². The summed E-state index contributed by atoms with van der Waals surface area (Å²) < 4.78 is 11.1. The lowest BCUT2D eigenvalue weighted by Crippen LogP contribution is -2.27. The third-order valence-corrected chi connectivity index (χ3v) is 9.23. The molecule has 1 N–H and O–H groups in total. The summed E-state index contributed by atoms with van der Waals surface area (Å²) in [6.45, 7) is 5.23. The number of allylic oxidation sites excluding steroid dienone is 6. The third-order valence-electron chi connectivity index (χ3n) is 9.23. The SMILES string of the molecule is CC/C=C\C/C=C\C/C=C\CCCCCCCCOCC(CO)OC(=O)CCCCCCCCCCCCCCCCCCCCCC. The zero-order valence-corrected chi connectivity index (χ0v) is 32.3. The Labute approximate surface area is 300 Å². The van der Waals surface area contributed by atoms with Crippen molar-refractivity contribution in [3.63, 3.8) is 0 Å². The predicted molar refractivity (Wildman–Crippen MR) is 210 cm³/mol. The summed E-state index contributed by atoms with van der Waals surface area (Å²) in [5.74, 6) is -0.203. The quantitative estimate of drug-likeness (QED) is 0.0400. The normalized spacial score (nSPS) is 12.6. The van der Waals surface area contributed by atoms with Gasteiger partial charge in [-0.1, -0.05) is 198 Å². The number of hydrogen-bond donors (Lipinski definition) is 1. The molecule has 0 heterocycles. The van der Waals surface area contributed by atoms with E-state index < -0.39 is 6.10 Å². The number of carbonyl (C=O) groups is 1. The molecular weight excluding hydrogens is 592 g/mol. The van der Waals surface area contributed by atoms with Crippen LogP contribution in [0.1, 0.15) is 213 Å². The molecule has 0 rings (SSSR count). The number of ether oxygens (including phenoxy) is 2. The van der Waals surface area contributed by atoms with Gasteiger partial charge in [0.1, 0.15) is 6.10 Å². The molecule has 4 nitrogen and oxygen atoms in total. The lowest BCUT2D eigenvalue weighted by atomic mass is 10.0. The summed E-state index contributed by atoms with van der Waals surface area (Å²) in [7, 11) is 0. The van der Waals surface area contributed by atoms with Crippen LogP contribution in [0.5, 0.6) is 0 Å². The highest BCUT2D eigenvalue weighted by Gasteiger charge is 2.13. The van der Waals surface area contributed by atoms with E-state index in [9.17, 15) is 9.90 Å². The Morgan fingerprint density at radius 1 is 0.521 bits per heavy atom. The maximum atomic E-state index is 12.2. The van der Waals surface area contributed by atoms with E-state index in [1.54, 1.807) is 0 Å². The van der Waals surface area contributed by atoms with Crippen molar-refractivity contribution in [2.24, 2.45) is 0 Å². The van der Waals surface area contributed by atoms with Crippen molar-refractivity contribution >= 4 is 5.97 Å². The van der Waals surface area contributed by atoms with E-state index in [-0.39, 0.29) is 12.6 Å². The maximum Gasteiger partial charge on any atom is 0.306 e. The number of carbonyl (C=O) groups excluding carboxylic acids is 1. The monoisotopic (exact) mass is 675 g/mol. The smallest absolute Gasteiger partial charge is 0.306 e. The minimum atomic E-state index is -0.538. The van der Waals surface area contributed by atoms with E-state index in [0.717, 1.165) is 44.9 Å². The molecule has 1 unspecified atom stereocenters. The molecule has 4 heteroatoms. The van der Waals surface area contributed by atoms with Crippen LogP contribution in [0, 0.1) is 0 Å². The van der Waals surface area contributed by atoms with Crippen molar-refractivity contribution in [3.8, 4) is 0 Å². The minimum absolute atomic E-state index is 0.175. The summed E-state index contributed by atoms with van der Waals surface area (Å²) in [6.07, 6.45) is 52.0. The molecule has 0 saturated heterocycles. The Hall–Kier alpha value is -1.39. The Balaban J connectivity index is 3.41. The maximum absolute atomic E-state index is 12.2. The minimum Gasteiger partial charge on any atom is -0.457 e. The van der Waals surface area contributed by atoms with E-state index >= 15 is 0 Å². The van der Waals surface area contributed by atoms with Gasteiger partial charge in [0.2, 0.25) is 0 Å². The van der Waals surface area contributed by atoms with Crippen molar-refractivity contribution < 1.29 is 19.4 Å². The molecule has 0 saturated carbocycles. The van der Waals surface area contributed by atoms with E-state index in [2.05, 4.69) is 50.3 Å². The fourth-order valence-corrected chi connectivity index (χ4v) is 6.11. The van der Waals surface area contributed by atoms with Gasteiger partial charge in [0.25, 0.3) is 0 Å². The Kier molecular flexibility index (Phi) is 40.6. The van der Waals surface area contributed by atoms with Crippen LogP contribution in [0.3, 0.4) is 0 Å². The molecule has 0 spiro atoms. The highest BCUT2D eigenvalue weighted by molar-refractivity contribution is 5.69. The molecular formula is C44H82O4. The van der Waals surface area contributed by atoms with Gasteiger partial charge in [0.15, 0.2) is 0 Å². The third kappa shape index (κ3) is 39.1. The molecule has 1 atom stereocenters. The van der Waals surface area contributed by atoms with Crippen LogP contribution in [0.15, 0.2) is 36.5 Å². The number of unbranched alkanes of at least 4 members (excludes halogenated alkanes) is 25. The number of hydrogen-bond acceptors (Lipinski definition) is 4. The summed E-state index contributed by atoms with van der Waals surface area (Å²) in [6, 6.07) is 0. The van der Waals surface area contributed by atoms with Crippen LogP contribution in [-0.2, 0) is 14.3 Å². The first kappa shape index (κ1) is 46.6. The van der Waals surface area contributed by atoms with Crippen LogP contribution in [0.25, 0.3) is 0 Å². The molecule has 0 aliphatic heterocycles. The zero-order chi connectivity index (χ0) is 34.9. The van der Waals surface area contributed by atoms with E-state index in [1.807, 2.05) is 0 Å². The molecule has 0 aromatic carbocycles. The number of aliphatic hydroxyl groups excluding tert-OH is 1. The predicted octanol–water partition coefficient (Wildman–Crippen LogP) is 13.7. The lowest BCUT2D eigenvalue weighted by Gasteiger charge is -2.15. The summed E-state index contributed by atoms with van der Waals surface area (Å²) in [5, 5.41) is 9.59. The zero-order valence-electron chi connectivity index (χ0n) is 32.3. The van der Waals surface area contributed by atoms with Crippen molar-refractivity contribution in [1.29, 1.82) is 0 Å². The van der Waals surface area contributed by atoms with Gasteiger partial charge < -0.3 is 14.6 Å². The van der Waals surface area contributed by atoms with Gasteiger partial charge in [-0.3, -0.25) is 4.79 Å².